The molecule has 0 bridgehead atoms. The number of H-pyrrole nitrogens is 1. The van der Waals surface area contributed by atoms with Gasteiger partial charge in [0.1, 0.15) is 11.6 Å². The first-order valence-corrected chi connectivity index (χ1v) is 12.9. The largest absolute Gasteiger partial charge is 0.444 e. The molecule has 194 valence electrons. The van der Waals surface area contributed by atoms with Gasteiger partial charge in [0.25, 0.3) is 5.22 Å². The Hall–Kier alpha value is -3.79. The summed E-state index contributed by atoms with van der Waals surface area (Å²) in [5.41, 5.74) is 4.22. The number of hydrogen-bond acceptors (Lipinski definition) is 7. The predicted molar refractivity (Wildman–Crippen MR) is 144 cm³/mol. The summed E-state index contributed by atoms with van der Waals surface area (Å²) < 4.78 is 11.3. The molecule has 4 aromatic rings. The molecule has 4 rings (SSSR count). The van der Waals surface area contributed by atoms with Crippen molar-refractivity contribution < 1.29 is 18.7 Å². The van der Waals surface area contributed by atoms with Crippen LogP contribution >= 0.6 is 11.8 Å². The number of amides is 2. The molecule has 0 saturated heterocycles. The SMILES string of the molecule is Cc1cccc(NC(=O)CSc2nnc([C@@H](Cc3c[nH]c4ccccc34)NC(=O)OC(C)(C)C)o2)c1C. The van der Waals surface area contributed by atoms with Crippen LogP contribution in [0.15, 0.2) is 58.3 Å². The van der Waals surface area contributed by atoms with Crippen LogP contribution in [0.4, 0.5) is 10.5 Å². The number of alkyl carbamates (subject to hydrolysis) is 1. The van der Waals surface area contributed by atoms with Gasteiger partial charge < -0.3 is 24.8 Å². The van der Waals surface area contributed by atoms with Gasteiger partial charge in [0.15, 0.2) is 0 Å². The predicted octanol–water partition coefficient (Wildman–Crippen LogP) is 5.71. The minimum atomic E-state index is -0.658. The smallest absolute Gasteiger partial charge is 0.408 e. The summed E-state index contributed by atoms with van der Waals surface area (Å²) in [4.78, 5) is 28.3. The Kier molecular flexibility index (Phi) is 7.87. The summed E-state index contributed by atoms with van der Waals surface area (Å²) in [5, 5.41) is 15.3. The molecule has 1 atom stereocenters. The Morgan fingerprint density at radius 2 is 1.89 bits per heavy atom. The number of nitrogens with one attached hydrogen (secondary N) is 3. The fourth-order valence-corrected chi connectivity index (χ4v) is 4.36. The number of aryl methyl sites for hydroxylation is 1. The number of nitrogens with zero attached hydrogens (tertiary/aromatic N) is 2. The number of aromatic amines is 1. The Morgan fingerprint density at radius 1 is 1.11 bits per heavy atom. The van der Waals surface area contributed by atoms with Gasteiger partial charge in [0.05, 0.1) is 5.75 Å². The second-order valence-corrected chi connectivity index (χ2v) is 10.7. The molecular formula is C27H31N5O4S. The molecule has 0 fully saturated rings. The number of para-hydroxylation sites is 1. The van der Waals surface area contributed by atoms with Gasteiger partial charge in [0.2, 0.25) is 11.8 Å². The number of carbonyl (C=O) groups is 2. The number of thioether (sulfide) groups is 1. The van der Waals surface area contributed by atoms with E-state index in [1.807, 2.05) is 62.5 Å². The van der Waals surface area contributed by atoms with E-state index in [1.54, 1.807) is 20.8 Å². The lowest BCUT2D eigenvalue weighted by Crippen LogP contribution is -2.36. The van der Waals surface area contributed by atoms with Gasteiger partial charge in [-0.15, -0.1) is 10.2 Å². The Bertz CT molecular complexity index is 1410. The molecule has 9 nitrogen and oxygen atoms in total. The summed E-state index contributed by atoms with van der Waals surface area (Å²) in [5.74, 6) is 0.149. The van der Waals surface area contributed by atoms with E-state index in [0.717, 1.165) is 45.0 Å². The van der Waals surface area contributed by atoms with E-state index in [2.05, 4.69) is 25.8 Å². The minimum absolute atomic E-state index is 0.0988. The Morgan fingerprint density at radius 3 is 2.68 bits per heavy atom. The molecule has 37 heavy (non-hydrogen) atoms. The van der Waals surface area contributed by atoms with Crippen molar-refractivity contribution in [3.8, 4) is 0 Å². The fourth-order valence-electron chi connectivity index (χ4n) is 3.79. The number of hydrogen-bond donors (Lipinski definition) is 3. The maximum absolute atomic E-state index is 12.6. The van der Waals surface area contributed by atoms with Gasteiger partial charge in [0, 0.05) is 29.2 Å². The van der Waals surface area contributed by atoms with Crippen molar-refractivity contribution in [3.05, 3.63) is 71.2 Å². The molecule has 0 aliphatic heterocycles. The maximum atomic E-state index is 12.6. The highest BCUT2D eigenvalue weighted by molar-refractivity contribution is 7.99. The normalized spacial score (nSPS) is 12.4. The summed E-state index contributed by atoms with van der Waals surface area (Å²) in [7, 11) is 0. The second kappa shape index (κ2) is 11.1. The second-order valence-electron chi connectivity index (χ2n) is 9.75. The van der Waals surface area contributed by atoms with Crippen molar-refractivity contribution in [2.45, 2.75) is 57.9 Å². The molecule has 0 spiro atoms. The lowest BCUT2D eigenvalue weighted by atomic mass is 10.1. The highest BCUT2D eigenvalue weighted by Gasteiger charge is 2.26. The van der Waals surface area contributed by atoms with Gasteiger partial charge in [-0.05, 0) is 63.4 Å². The third kappa shape index (κ3) is 6.91. The summed E-state index contributed by atoms with van der Waals surface area (Å²) >= 11 is 1.13. The summed E-state index contributed by atoms with van der Waals surface area (Å²) in [6.07, 6.45) is 1.72. The number of aromatic nitrogens is 3. The van der Waals surface area contributed by atoms with Crippen molar-refractivity contribution in [1.29, 1.82) is 0 Å². The molecule has 0 aliphatic carbocycles. The maximum Gasteiger partial charge on any atom is 0.408 e. The van der Waals surface area contributed by atoms with E-state index in [4.69, 9.17) is 9.15 Å². The Balaban J connectivity index is 1.46. The van der Waals surface area contributed by atoms with Crippen molar-refractivity contribution >= 4 is 40.4 Å². The van der Waals surface area contributed by atoms with Crippen LogP contribution in [0.25, 0.3) is 10.9 Å². The van der Waals surface area contributed by atoms with Crippen molar-refractivity contribution in [1.82, 2.24) is 20.5 Å². The minimum Gasteiger partial charge on any atom is -0.444 e. The molecule has 2 amide bonds. The van der Waals surface area contributed by atoms with E-state index in [0.29, 0.717) is 6.42 Å². The number of anilines is 1. The van der Waals surface area contributed by atoms with Crippen molar-refractivity contribution in [2.75, 3.05) is 11.1 Å². The zero-order valence-electron chi connectivity index (χ0n) is 21.5. The fraction of sp³-hybridized carbons (Fsp3) is 0.333. The van der Waals surface area contributed by atoms with E-state index >= 15 is 0 Å². The number of carbonyl (C=O) groups excluding carboxylic acids is 2. The number of fused-ring (bicyclic) bond motifs is 1. The third-order valence-corrected chi connectivity index (χ3v) is 6.53. The van der Waals surface area contributed by atoms with Crippen LogP contribution in [0.2, 0.25) is 0 Å². The first-order chi connectivity index (χ1) is 17.6. The van der Waals surface area contributed by atoms with Crippen LogP contribution in [-0.2, 0) is 16.0 Å². The van der Waals surface area contributed by atoms with Gasteiger partial charge in [-0.3, -0.25) is 4.79 Å². The lowest BCUT2D eigenvalue weighted by molar-refractivity contribution is -0.113. The van der Waals surface area contributed by atoms with Crippen LogP contribution < -0.4 is 10.6 Å². The molecule has 0 unspecified atom stereocenters. The first-order valence-electron chi connectivity index (χ1n) is 12.0. The molecule has 0 saturated carbocycles. The van der Waals surface area contributed by atoms with Crippen LogP contribution in [0, 0.1) is 13.8 Å². The summed E-state index contributed by atoms with van der Waals surface area (Å²) in [6.45, 7) is 9.36. The van der Waals surface area contributed by atoms with E-state index in [1.165, 1.54) is 0 Å². The number of ether oxygens (including phenoxy) is 1. The lowest BCUT2D eigenvalue weighted by Gasteiger charge is -2.22. The van der Waals surface area contributed by atoms with E-state index < -0.39 is 17.7 Å². The van der Waals surface area contributed by atoms with Crippen LogP contribution in [0.1, 0.15) is 49.4 Å². The molecule has 0 aliphatic rings. The van der Waals surface area contributed by atoms with Crippen molar-refractivity contribution in [3.63, 3.8) is 0 Å². The molecule has 10 heteroatoms. The zero-order valence-corrected chi connectivity index (χ0v) is 22.4. The van der Waals surface area contributed by atoms with Crippen LogP contribution in [0.5, 0.6) is 0 Å². The van der Waals surface area contributed by atoms with Gasteiger partial charge in [-0.25, -0.2) is 4.79 Å². The average Bonchev–Trinajstić information content (AvgIpc) is 3.47. The molecule has 0 radical (unpaired) electrons. The highest BCUT2D eigenvalue weighted by Crippen LogP contribution is 2.27. The molecule has 2 aromatic heterocycles. The van der Waals surface area contributed by atoms with Crippen LogP contribution in [0.3, 0.4) is 0 Å². The first kappa shape index (κ1) is 26.3. The quantitative estimate of drug-likeness (QED) is 0.254. The zero-order chi connectivity index (χ0) is 26.6. The van der Waals surface area contributed by atoms with Gasteiger partial charge in [-0.2, -0.15) is 0 Å². The Labute approximate surface area is 219 Å². The highest BCUT2D eigenvalue weighted by atomic mass is 32.2. The van der Waals surface area contributed by atoms with Crippen LogP contribution in [-0.4, -0.2) is 38.5 Å². The van der Waals surface area contributed by atoms with E-state index in [-0.39, 0.29) is 22.8 Å². The van der Waals surface area contributed by atoms with Gasteiger partial charge >= 0.3 is 6.09 Å². The molecular weight excluding hydrogens is 490 g/mol. The van der Waals surface area contributed by atoms with E-state index in [9.17, 15) is 9.59 Å². The summed E-state index contributed by atoms with van der Waals surface area (Å²) in [6, 6.07) is 13.1. The molecule has 2 heterocycles. The topological polar surface area (TPSA) is 122 Å². The molecule has 2 aromatic carbocycles. The number of rotatable bonds is 8. The standard InChI is InChI=1S/C27H31N5O4S/c1-16-9-8-12-20(17(16)2)29-23(33)15-37-26-32-31-24(35-26)22(30-25(34)36-27(3,4)5)13-18-14-28-21-11-7-6-10-19(18)21/h6-12,14,22,28H,13,15H2,1-5H3,(H,29,33)(H,30,34)/t22-/m1/s1. The average molecular weight is 522 g/mol. The van der Waals surface area contributed by atoms with Gasteiger partial charge in [-0.1, -0.05) is 42.1 Å². The number of benzene rings is 2. The monoisotopic (exact) mass is 521 g/mol. The third-order valence-electron chi connectivity index (χ3n) is 5.72. The van der Waals surface area contributed by atoms with Crippen molar-refractivity contribution in [2.24, 2.45) is 0 Å². The molecule has 3 N–H and O–H groups in total.